The van der Waals surface area contributed by atoms with Gasteiger partial charge in [0.05, 0.1) is 0 Å². The number of halogens is 6. The number of anilines is 1. The van der Waals surface area contributed by atoms with Gasteiger partial charge in [0.2, 0.25) is 11.6 Å². The van der Waals surface area contributed by atoms with E-state index in [0.29, 0.717) is 6.92 Å². The molecule has 0 saturated carbocycles. The molecule has 1 rings (SSSR count). The molecule has 0 aliphatic carbocycles. The number of alkyl halides is 4. The summed E-state index contributed by atoms with van der Waals surface area (Å²) < 4.78 is 55.0. The highest BCUT2D eigenvalue weighted by molar-refractivity contribution is 6.33. The Morgan fingerprint density at radius 2 is 1.72 bits per heavy atom. The van der Waals surface area contributed by atoms with E-state index in [1.165, 1.54) is 19.1 Å². The predicted octanol–water partition coefficient (Wildman–Crippen LogP) is 5.76. The Morgan fingerprint density at radius 1 is 1.24 bits per heavy atom. The predicted molar refractivity (Wildman–Crippen MR) is 90.5 cm³/mol. The average molecular weight is 399 g/mol. The molecule has 2 atom stereocenters. The normalized spacial score (nSPS) is 17.0. The molecule has 0 radical (unpaired) electrons. The third-order valence-corrected chi connectivity index (χ3v) is 4.13. The maximum Gasteiger partial charge on any atom is 0.423 e. The molecule has 1 heterocycles. The molecule has 1 amide bonds. The Morgan fingerprint density at radius 3 is 2.08 bits per heavy atom. The minimum atomic E-state index is -5.32. The number of rotatable bonds is 5. The first-order valence-electron chi connectivity index (χ1n) is 6.99. The molecule has 1 N–H and O–H groups in total. The third-order valence-electron chi connectivity index (χ3n) is 3.74. The van der Waals surface area contributed by atoms with Crippen molar-refractivity contribution in [1.29, 1.82) is 0 Å². The molecule has 1 aromatic heterocycles. The van der Waals surface area contributed by atoms with Gasteiger partial charge in [0.15, 0.2) is 0 Å². The largest absolute Gasteiger partial charge is 0.423 e. The molecule has 1 aromatic rings. The van der Waals surface area contributed by atoms with Crippen molar-refractivity contribution in [3.8, 4) is 0 Å². The molecule has 0 fully saturated rings. The molecule has 0 bridgehead atoms. The van der Waals surface area contributed by atoms with Gasteiger partial charge in [0.25, 0.3) is 0 Å². The van der Waals surface area contributed by atoms with Crippen LogP contribution in [0.5, 0.6) is 0 Å². The van der Waals surface area contributed by atoms with Crippen LogP contribution in [0.2, 0.25) is 10.3 Å². The fourth-order valence-corrected chi connectivity index (χ4v) is 2.88. The van der Waals surface area contributed by atoms with Crippen molar-refractivity contribution in [3.63, 3.8) is 0 Å². The Labute approximate surface area is 152 Å². The van der Waals surface area contributed by atoms with E-state index in [-0.39, 0.29) is 21.6 Å². The second kappa shape index (κ2) is 7.33. The summed E-state index contributed by atoms with van der Waals surface area (Å²) in [6, 6.07) is 2.35. The highest BCUT2D eigenvalue weighted by Crippen LogP contribution is 2.52. The van der Waals surface area contributed by atoms with Crippen molar-refractivity contribution in [3.05, 3.63) is 46.7 Å². The molecule has 0 aromatic carbocycles. The zero-order valence-electron chi connectivity index (χ0n) is 13.6. The summed E-state index contributed by atoms with van der Waals surface area (Å²) in [6.07, 6.45) is -3.33. The van der Waals surface area contributed by atoms with Crippen LogP contribution in [0.25, 0.3) is 0 Å². The lowest BCUT2D eigenvalue weighted by Gasteiger charge is -2.41. The van der Waals surface area contributed by atoms with Crippen LogP contribution in [-0.2, 0) is 4.79 Å². The van der Waals surface area contributed by atoms with Gasteiger partial charge in [-0.2, -0.15) is 13.2 Å². The molecule has 0 aliphatic heterocycles. The smallest absolute Gasteiger partial charge is 0.325 e. The molecular formula is C16H16Cl2F4N2O. The standard InChI is InChI=1S/C16H16Cl2F4N2O/c1-5-6-15(9(2)3,14(4,19)16(20,21)22)13(25)23-10-7-11(17)24-12(18)8-10/h5-8H,2H2,1,3-4H3,(H,23,24,25)/b6-5+. The van der Waals surface area contributed by atoms with Gasteiger partial charge in [-0.1, -0.05) is 47.5 Å². The van der Waals surface area contributed by atoms with Gasteiger partial charge in [-0.15, -0.1) is 0 Å². The highest BCUT2D eigenvalue weighted by Gasteiger charge is 2.67. The van der Waals surface area contributed by atoms with Crippen LogP contribution in [0.15, 0.2) is 36.4 Å². The van der Waals surface area contributed by atoms with E-state index < -0.39 is 23.2 Å². The lowest BCUT2D eigenvalue weighted by Crippen LogP contribution is -2.58. The maximum absolute atomic E-state index is 14.9. The van der Waals surface area contributed by atoms with E-state index in [9.17, 15) is 22.4 Å². The number of nitrogens with zero attached hydrogens (tertiary/aromatic N) is 1. The van der Waals surface area contributed by atoms with Crippen LogP contribution < -0.4 is 5.32 Å². The molecule has 2 unspecified atom stereocenters. The number of allylic oxidation sites excluding steroid dienone is 1. The Kier molecular flexibility index (Phi) is 6.29. The molecule has 25 heavy (non-hydrogen) atoms. The summed E-state index contributed by atoms with van der Waals surface area (Å²) in [5, 5.41) is 2.03. The van der Waals surface area contributed by atoms with Gasteiger partial charge in [-0.3, -0.25) is 4.79 Å². The van der Waals surface area contributed by atoms with Crippen LogP contribution in [0.1, 0.15) is 20.8 Å². The summed E-state index contributed by atoms with van der Waals surface area (Å²) in [4.78, 5) is 16.4. The maximum atomic E-state index is 14.9. The number of amides is 1. The number of hydrogen-bond acceptors (Lipinski definition) is 2. The minimum absolute atomic E-state index is 0.0249. The van der Waals surface area contributed by atoms with Gasteiger partial charge in [0.1, 0.15) is 15.7 Å². The van der Waals surface area contributed by atoms with Crippen LogP contribution >= 0.6 is 23.2 Å². The quantitative estimate of drug-likeness (QED) is 0.389. The number of carbonyl (C=O) groups is 1. The molecule has 0 aliphatic rings. The molecule has 0 saturated heterocycles. The number of carbonyl (C=O) groups excluding carboxylic acids is 1. The molecule has 0 spiro atoms. The van der Waals surface area contributed by atoms with Gasteiger partial charge < -0.3 is 5.32 Å². The summed E-state index contributed by atoms with van der Waals surface area (Å²) in [5.74, 6) is -1.27. The van der Waals surface area contributed by atoms with Crippen LogP contribution in [0, 0.1) is 5.41 Å². The van der Waals surface area contributed by atoms with Gasteiger partial charge in [0, 0.05) is 5.69 Å². The van der Waals surface area contributed by atoms with E-state index in [2.05, 4.69) is 16.9 Å². The molecule has 138 valence electrons. The fraction of sp³-hybridized carbons (Fsp3) is 0.375. The van der Waals surface area contributed by atoms with Crippen molar-refractivity contribution in [2.75, 3.05) is 5.32 Å². The number of hydrogen-bond donors (Lipinski definition) is 1. The second-order valence-corrected chi connectivity index (χ2v) is 6.32. The Bertz CT molecular complexity index is 696. The van der Waals surface area contributed by atoms with Crippen molar-refractivity contribution >= 4 is 34.8 Å². The third kappa shape index (κ3) is 3.98. The van der Waals surface area contributed by atoms with Crippen molar-refractivity contribution in [1.82, 2.24) is 4.98 Å². The number of aromatic nitrogens is 1. The summed E-state index contributed by atoms with van der Waals surface area (Å²) in [6.45, 7) is 6.23. The van der Waals surface area contributed by atoms with Crippen LogP contribution in [0.3, 0.4) is 0 Å². The topological polar surface area (TPSA) is 42.0 Å². The second-order valence-electron chi connectivity index (χ2n) is 5.54. The van der Waals surface area contributed by atoms with Crippen LogP contribution in [0.4, 0.5) is 23.2 Å². The van der Waals surface area contributed by atoms with Gasteiger partial charge in [-0.05, 0) is 32.9 Å². The zero-order valence-corrected chi connectivity index (χ0v) is 15.2. The number of pyridine rings is 1. The first-order valence-corrected chi connectivity index (χ1v) is 7.75. The van der Waals surface area contributed by atoms with E-state index in [1.807, 2.05) is 0 Å². The zero-order chi connectivity index (χ0) is 19.6. The van der Waals surface area contributed by atoms with Gasteiger partial charge >= 0.3 is 6.18 Å². The fourth-order valence-electron chi connectivity index (χ4n) is 2.42. The van der Waals surface area contributed by atoms with E-state index in [1.54, 1.807) is 0 Å². The molecular weight excluding hydrogens is 383 g/mol. The summed E-state index contributed by atoms with van der Waals surface area (Å²) in [5.41, 5.74) is -6.95. The highest BCUT2D eigenvalue weighted by atomic mass is 35.5. The Balaban J connectivity index is 3.52. The SMILES string of the molecule is C=C(C)C(/C=C/C)(C(=O)Nc1cc(Cl)nc(Cl)c1)C(C)(F)C(F)(F)F. The molecule has 9 heteroatoms. The first-order chi connectivity index (χ1) is 11.3. The summed E-state index contributed by atoms with van der Waals surface area (Å²) >= 11 is 11.4. The summed E-state index contributed by atoms with van der Waals surface area (Å²) in [7, 11) is 0. The average Bonchev–Trinajstić information content (AvgIpc) is 2.41. The Hall–Kier alpha value is -1.60. The first kappa shape index (κ1) is 21.4. The van der Waals surface area contributed by atoms with E-state index in [4.69, 9.17) is 23.2 Å². The van der Waals surface area contributed by atoms with E-state index >= 15 is 0 Å². The van der Waals surface area contributed by atoms with Crippen molar-refractivity contribution in [2.45, 2.75) is 32.6 Å². The van der Waals surface area contributed by atoms with Crippen molar-refractivity contribution in [2.24, 2.45) is 5.41 Å². The minimum Gasteiger partial charge on any atom is -0.325 e. The molecule has 3 nitrogen and oxygen atoms in total. The lowest BCUT2D eigenvalue weighted by molar-refractivity contribution is -0.246. The number of nitrogens with one attached hydrogen (secondary N) is 1. The monoisotopic (exact) mass is 398 g/mol. The van der Waals surface area contributed by atoms with Crippen LogP contribution in [-0.4, -0.2) is 22.7 Å². The van der Waals surface area contributed by atoms with E-state index in [0.717, 1.165) is 19.1 Å². The lowest BCUT2D eigenvalue weighted by atomic mass is 9.67. The van der Waals surface area contributed by atoms with Crippen molar-refractivity contribution < 1.29 is 22.4 Å². The van der Waals surface area contributed by atoms with Gasteiger partial charge in [-0.25, -0.2) is 9.37 Å².